The lowest BCUT2D eigenvalue weighted by atomic mass is 10.1. The molecule has 1 N–H and O–H groups in total. The van der Waals surface area contributed by atoms with Crippen LogP contribution in [-0.4, -0.2) is 16.1 Å². The first-order valence-corrected chi connectivity index (χ1v) is 8.68. The molecule has 0 aliphatic heterocycles. The van der Waals surface area contributed by atoms with Gasteiger partial charge in [0, 0.05) is 11.3 Å². The van der Waals surface area contributed by atoms with Gasteiger partial charge in [-0.2, -0.15) is 0 Å². The van der Waals surface area contributed by atoms with E-state index in [4.69, 9.17) is 0 Å². The van der Waals surface area contributed by atoms with Crippen molar-refractivity contribution in [2.75, 3.05) is 5.32 Å². The molecule has 0 radical (unpaired) electrons. The number of aromatic nitrogens is 2. The Hall–Kier alpha value is -2.73. The van der Waals surface area contributed by atoms with Crippen LogP contribution in [0.25, 0.3) is 0 Å². The number of hydrogen-bond acceptors (Lipinski definition) is 4. The number of carbonyl (C=O) groups excluding carboxylic acids is 1. The molecule has 1 heterocycles. The fourth-order valence-corrected chi connectivity index (χ4v) is 2.92. The third kappa shape index (κ3) is 4.64. The summed E-state index contributed by atoms with van der Waals surface area (Å²) < 4.78 is 13.6. The number of carbonyl (C=O) groups is 1. The zero-order valence-electron chi connectivity index (χ0n) is 13.6. The quantitative estimate of drug-likeness (QED) is 0.688. The molecular weight excluding hydrogens is 337 g/mol. The second-order valence-electron chi connectivity index (χ2n) is 5.46. The molecule has 126 valence electrons. The van der Waals surface area contributed by atoms with Gasteiger partial charge >= 0.3 is 0 Å². The van der Waals surface area contributed by atoms with Gasteiger partial charge in [0.15, 0.2) is 5.82 Å². The van der Waals surface area contributed by atoms with Crippen LogP contribution >= 0.6 is 11.8 Å². The Morgan fingerprint density at radius 3 is 2.48 bits per heavy atom. The van der Waals surface area contributed by atoms with Crippen molar-refractivity contribution >= 4 is 23.5 Å². The highest BCUT2D eigenvalue weighted by molar-refractivity contribution is 7.98. The Morgan fingerprint density at radius 2 is 1.80 bits per heavy atom. The van der Waals surface area contributed by atoms with E-state index in [2.05, 4.69) is 15.5 Å². The molecule has 0 unspecified atom stereocenters. The van der Waals surface area contributed by atoms with E-state index in [0.717, 1.165) is 5.56 Å². The normalized spacial score (nSPS) is 10.5. The van der Waals surface area contributed by atoms with Crippen LogP contribution in [-0.2, 0) is 5.75 Å². The number of benzene rings is 2. The van der Waals surface area contributed by atoms with Crippen LogP contribution in [0.15, 0.2) is 65.7 Å². The summed E-state index contributed by atoms with van der Waals surface area (Å²) in [6.07, 6.45) is 0. The van der Waals surface area contributed by atoms with E-state index in [1.807, 2.05) is 19.1 Å². The van der Waals surface area contributed by atoms with E-state index in [9.17, 15) is 9.18 Å². The summed E-state index contributed by atoms with van der Waals surface area (Å²) in [6.45, 7) is 1.96. The fourth-order valence-electron chi connectivity index (χ4n) is 2.12. The highest BCUT2D eigenvalue weighted by Crippen LogP contribution is 2.22. The smallest absolute Gasteiger partial charge is 0.256 e. The maximum atomic E-state index is 13.6. The molecule has 1 amide bonds. The van der Waals surface area contributed by atoms with Gasteiger partial charge in [-0.15, -0.1) is 10.2 Å². The first-order chi connectivity index (χ1) is 12.1. The number of hydrogen-bond donors (Lipinski definition) is 1. The molecule has 3 rings (SSSR count). The molecule has 0 aliphatic rings. The van der Waals surface area contributed by atoms with Crippen LogP contribution in [0.3, 0.4) is 0 Å². The summed E-state index contributed by atoms with van der Waals surface area (Å²) in [6, 6.07) is 17.4. The molecule has 0 saturated heterocycles. The molecule has 1 aromatic heterocycles. The third-order valence-corrected chi connectivity index (χ3v) is 4.50. The molecule has 0 aliphatic carbocycles. The van der Waals surface area contributed by atoms with E-state index < -0.39 is 0 Å². The lowest BCUT2D eigenvalue weighted by Crippen LogP contribution is -2.13. The number of amides is 1. The number of rotatable bonds is 5. The van der Waals surface area contributed by atoms with Gasteiger partial charge in [0.05, 0.1) is 0 Å². The highest BCUT2D eigenvalue weighted by Gasteiger charge is 2.08. The van der Waals surface area contributed by atoms with Gasteiger partial charge in [-0.05, 0) is 42.8 Å². The van der Waals surface area contributed by atoms with Crippen LogP contribution < -0.4 is 5.32 Å². The van der Waals surface area contributed by atoms with Crippen LogP contribution in [0.5, 0.6) is 0 Å². The average molecular weight is 353 g/mol. The lowest BCUT2D eigenvalue weighted by molar-refractivity contribution is 0.102. The number of anilines is 1. The standard InChI is InChI=1S/C19H16FN3OS/c1-13-6-8-14(9-7-13)19(24)21-17-10-11-18(23-22-17)25-12-15-4-2-3-5-16(15)20/h2-11H,12H2,1H3,(H,21,22,24). The number of halogens is 1. The second kappa shape index (κ2) is 7.90. The van der Waals surface area contributed by atoms with Gasteiger partial charge < -0.3 is 5.32 Å². The molecular formula is C19H16FN3OS. The van der Waals surface area contributed by atoms with E-state index in [1.54, 1.807) is 42.5 Å². The van der Waals surface area contributed by atoms with E-state index >= 15 is 0 Å². The zero-order valence-corrected chi connectivity index (χ0v) is 14.4. The van der Waals surface area contributed by atoms with Gasteiger partial charge in [0.1, 0.15) is 10.8 Å². The van der Waals surface area contributed by atoms with Crippen molar-refractivity contribution in [3.05, 3.63) is 83.2 Å². The van der Waals surface area contributed by atoms with Crippen LogP contribution in [0.2, 0.25) is 0 Å². The van der Waals surface area contributed by atoms with Gasteiger partial charge in [0.2, 0.25) is 0 Å². The summed E-state index contributed by atoms with van der Waals surface area (Å²) in [7, 11) is 0. The van der Waals surface area contributed by atoms with Crippen molar-refractivity contribution in [2.24, 2.45) is 0 Å². The summed E-state index contributed by atoms with van der Waals surface area (Å²) in [5, 5.41) is 11.4. The van der Waals surface area contributed by atoms with Crippen molar-refractivity contribution in [1.29, 1.82) is 0 Å². The Morgan fingerprint density at radius 1 is 1.04 bits per heavy atom. The summed E-state index contributed by atoms with van der Waals surface area (Å²) >= 11 is 1.39. The molecule has 4 nitrogen and oxygen atoms in total. The lowest BCUT2D eigenvalue weighted by Gasteiger charge is -2.05. The molecule has 0 saturated carbocycles. The van der Waals surface area contributed by atoms with Gasteiger partial charge in [0.25, 0.3) is 5.91 Å². The summed E-state index contributed by atoms with van der Waals surface area (Å²) in [5.74, 6) is 0.378. The largest absolute Gasteiger partial charge is 0.305 e. The molecule has 0 spiro atoms. The first kappa shape index (κ1) is 17.1. The number of aryl methyl sites for hydroxylation is 1. The topological polar surface area (TPSA) is 54.9 Å². The predicted octanol–water partition coefficient (Wildman–Crippen LogP) is 4.47. The molecule has 0 bridgehead atoms. The molecule has 6 heteroatoms. The van der Waals surface area contributed by atoms with Gasteiger partial charge in [-0.3, -0.25) is 4.79 Å². The minimum atomic E-state index is -0.235. The van der Waals surface area contributed by atoms with Crippen molar-refractivity contribution in [1.82, 2.24) is 10.2 Å². The Bertz CT molecular complexity index is 867. The highest BCUT2D eigenvalue weighted by atomic mass is 32.2. The second-order valence-corrected chi connectivity index (χ2v) is 6.45. The summed E-state index contributed by atoms with van der Waals surface area (Å²) in [5.41, 5.74) is 2.27. The molecule has 2 aromatic carbocycles. The molecule has 25 heavy (non-hydrogen) atoms. The number of thioether (sulfide) groups is 1. The summed E-state index contributed by atoms with van der Waals surface area (Å²) in [4.78, 5) is 12.1. The SMILES string of the molecule is Cc1ccc(C(=O)Nc2ccc(SCc3ccccc3F)nn2)cc1. The maximum absolute atomic E-state index is 13.6. The van der Waals surface area contributed by atoms with Crippen molar-refractivity contribution in [2.45, 2.75) is 17.7 Å². The van der Waals surface area contributed by atoms with Crippen molar-refractivity contribution in [3.63, 3.8) is 0 Å². The molecule has 3 aromatic rings. The number of nitrogens with one attached hydrogen (secondary N) is 1. The third-order valence-electron chi connectivity index (χ3n) is 3.53. The average Bonchev–Trinajstić information content (AvgIpc) is 2.63. The Balaban J connectivity index is 1.59. The van der Waals surface area contributed by atoms with Crippen molar-refractivity contribution in [3.8, 4) is 0 Å². The minimum Gasteiger partial charge on any atom is -0.305 e. The maximum Gasteiger partial charge on any atom is 0.256 e. The van der Waals surface area contributed by atoms with Crippen LogP contribution in [0.4, 0.5) is 10.2 Å². The van der Waals surface area contributed by atoms with E-state index in [1.165, 1.54) is 17.8 Å². The zero-order chi connectivity index (χ0) is 17.6. The van der Waals surface area contributed by atoms with Gasteiger partial charge in [-0.25, -0.2) is 4.39 Å². The number of nitrogens with zero attached hydrogens (tertiary/aromatic N) is 2. The van der Waals surface area contributed by atoms with E-state index in [-0.39, 0.29) is 11.7 Å². The Labute approximate surface area is 149 Å². The van der Waals surface area contributed by atoms with Crippen molar-refractivity contribution < 1.29 is 9.18 Å². The minimum absolute atomic E-state index is 0.232. The van der Waals surface area contributed by atoms with E-state index in [0.29, 0.717) is 27.7 Å². The van der Waals surface area contributed by atoms with Crippen LogP contribution in [0.1, 0.15) is 21.5 Å². The fraction of sp³-hybridized carbons (Fsp3) is 0.105. The molecule has 0 atom stereocenters. The Kier molecular flexibility index (Phi) is 5.40. The van der Waals surface area contributed by atoms with Gasteiger partial charge in [-0.1, -0.05) is 47.7 Å². The molecule has 0 fully saturated rings. The first-order valence-electron chi connectivity index (χ1n) is 7.70. The van der Waals surface area contributed by atoms with Crippen LogP contribution in [0, 0.1) is 12.7 Å². The predicted molar refractivity (Wildman–Crippen MR) is 97.1 cm³/mol. The monoisotopic (exact) mass is 353 g/mol.